The fraction of sp³-hybridized carbons (Fsp3) is 0.500. The van der Waals surface area contributed by atoms with E-state index in [0.29, 0.717) is 6.61 Å². The first-order chi connectivity index (χ1) is 9.56. The molecule has 0 radical (unpaired) electrons. The molecule has 0 amide bonds. The van der Waals surface area contributed by atoms with E-state index in [1.807, 2.05) is 25.1 Å². The summed E-state index contributed by atoms with van der Waals surface area (Å²) >= 11 is 9.52. The second-order valence-corrected chi connectivity index (χ2v) is 5.78. The number of hydrogen-bond acceptors (Lipinski definition) is 2. The molecule has 0 aliphatic rings. The van der Waals surface area contributed by atoms with Crippen LogP contribution in [0.1, 0.15) is 12.5 Å². The van der Waals surface area contributed by atoms with E-state index in [1.54, 1.807) is 14.2 Å². The number of hydrogen-bond donors (Lipinski definition) is 2. The smallest absolute Gasteiger partial charge is 0.191 e. The minimum atomic E-state index is 0. The molecule has 0 bridgehead atoms. The highest BCUT2D eigenvalue weighted by molar-refractivity contribution is 14.0. The predicted octanol–water partition coefficient (Wildman–Crippen LogP) is 3.46. The van der Waals surface area contributed by atoms with Crippen LogP contribution in [0.5, 0.6) is 0 Å². The number of nitrogens with zero attached hydrogens (tertiary/aromatic N) is 1. The SMILES string of the molecule is CN=C(NCCc1cc(Cl)ccc1Br)NC(C)COC.I. The van der Waals surface area contributed by atoms with Crippen molar-refractivity contribution >= 4 is 57.5 Å². The zero-order valence-electron chi connectivity index (χ0n) is 12.5. The van der Waals surface area contributed by atoms with Crippen molar-refractivity contribution < 1.29 is 4.74 Å². The van der Waals surface area contributed by atoms with Crippen molar-refractivity contribution in [2.75, 3.05) is 27.3 Å². The first-order valence-corrected chi connectivity index (χ1v) is 7.64. The Hall–Kier alpha value is -0.0500. The fourth-order valence-corrected chi connectivity index (χ4v) is 2.41. The maximum atomic E-state index is 6.00. The first-order valence-electron chi connectivity index (χ1n) is 6.47. The van der Waals surface area contributed by atoms with Crippen LogP contribution in [0, 0.1) is 0 Å². The van der Waals surface area contributed by atoms with Crippen LogP contribution in [0.15, 0.2) is 27.7 Å². The van der Waals surface area contributed by atoms with Gasteiger partial charge in [-0.2, -0.15) is 0 Å². The Balaban J connectivity index is 0.00000400. The van der Waals surface area contributed by atoms with Gasteiger partial charge in [0.25, 0.3) is 0 Å². The van der Waals surface area contributed by atoms with E-state index >= 15 is 0 Å². The van der Waals surface area contributed by atoms with Crippen LogP contribution in [0.4, 0.5) is 0 Å². The molecule has 0 spiro atoms. The second-order valence-electron chi connectivity index (χ2n) is 4.49. The van der Waals surface area contributed by atoms with E-state index in [0.717, 1.165) is 28.4 Å². The van der Waals surface area contributed by atoms with Crippen molar-refractivity contribution in [3.63, 3.8) is 0 Å². The van der Waals surface area contributed by atoms with Crippen LogP contribution in [0.25, 0.3) is 0 Å². The van der Waals surface area contributed by atoms with Gasteiger partial charge in [-0.15, -0.1) is 24.0 Å². The molecule has 7 heteroatoms. The second kappa shape index (κ2) is 11.5. The number of aliphatic imine (C=N–C) groups is 1. The number of benzene rings is 1. The van der Waals surface area contributed by atoms with Crippen LogP contribution < -0.4 is 10.6 Å². The third-order valence-corrected chi connectivity index (χ3v) is 3.73. The van der Waals surface area contributed by atoms with Crippen LogP contribution in [-0.4, -0.2) is 39.3 Å². The molecule has 0 aliphatic heterocycles. The summed E-state index contributed by atoms with van der Waals surface area (Å²) in [5.74, 6) is 0.771. The monoisotopic (exact) mass is 489 g/mol. The van der Waals surface area contributed by atoms with E-state index in [4.69, 9.17) is 16.3 Å². The largest absolute Gasteiger partial charge is 0.383 e. The zero-order valence-corrected chi connectivity index (χ0v) is 17.1. The van der Waals surface area contributed by atoms with Crippen molar-refractivity contribution in [1.29, 1.82) is 0 Å². The van der Waals surface area contributed by atoms with Crippen LogP contribution in [-0.2, 0) is 11.2 Å². The summed E-state index contributed by atoms with van der Waals surface area (Å²) in [6.45, 7) is 3.46. The van der Waals surface area contributed by atoms with Gasteiger partial charge in [0.15, 0.2) is 5.96 Å². The number of nitrogens with one attached hydrogen (secondary N) is 2. The zero-order chi connectivity index (χ0) is 15.0. The first kappa shape index (κ1) is 20.9. The van der Waals surface area contributed by atoms with E-state index in [-0.39, 0.29) is 30.0 Å². The topological polar surface area (TPSA) is 45.7 Å². The van der Waals surface area contributed by atoms with Gasteiger partial charge in [0, 0.05) is 36.2 Å². The minimum absolute atomic E-state index is 0. The molecular weight excluding hydrogens is 468 g/mol. The van der Waals surface area contributed by atoms with Gasteiger partial charge >= 0.3 is 0 Å². The van der Waals surface area contributed by atoms with E-state index < -0.39 is 0 Å². The van der Waals surface area contributed by atoms with Crippen molar-refractivity contribution in [2.24, 2.45) is 4.99 Å². The van der Waals surface area contributed by atoms with Gasteiger partial charge in [0.1, 0.15) is 0 Å². The summed E-state index contributed by atoms with van der Waals surface area (Å²) in [5, 5.41) is 7.28. The summed E-state index contributed by atoms with van der Waals surface area (Å²) in [6.07, 6.45) is 0.862. The maximum Gasteiger partial charge on any atom is 0.191 e. The predicted molar refractivity (Wildman–Crippen MR) is 104 cm³/mol. The quantitative estimate of drug-likeness (QED) is 0.365. The molecular formula is C14H22BrClIN3O. The highest BCUT2D eigenvalue weighted by Gasteiger charge is 2.05. The molecule has 0 aromatic heterocycles. The molecule has 1 aromatic carbocycles. The Morgan fingerprint density at radius 2 is 2.19 bits per heavy atom. The van der Waals surface area contributed by atoms with Gasteiger partial charge in [0.05, 0.1) is 6.61 Å². The molecule has 1 rings (SSSR count). The van der Waals surface area contributed by atoms with Gasteiger partial charge in [-0.05, 0) is 37.1 Å². The van der Waals surface area contributed by atoms with Gasteiger partial charge in [-0.3, -0.25) is 4.99 Å². The van der Waals surface area contributed by atoms with E-state index in [2.05, 4.69) is 31.6 Å². The van der Waals surface area contributed by atoms with Gasteiger partial charge in [-0.25, -0.2) is 0 Å². The standard InChI is InChI=1S/C14H21BrClN3O.HI/c1-10(9-20-3)19-14(17-2)18-7-6-11-8-12(16)4-5-13(11)15;/h4-5,8,10H,6-7,9H2,1-3H3,(H2,17,18,19);1H. The molecule has 1 aromatic rings. The average molecular weight is 491 g/mol. The van der Waals surface area contributed by atoms with Crippen LogP contribution in [0.2, 0.25) is 5.02 Å². The Labute approximate surface area is 157 Å². The number of methoxy groups -OCH3 is 1. The van der Waals surface area contributed by atoms with Crippen molar-refractivity contribution in [1.82, 2.24) is 10.6 Å². The molecule has 0 heterocycles. The molecule has 4 nitrogen and oxygen atoms in total. The Bertz CT molecular complexity index is 460. The van der Waals surface area contributed by atoms with Crippen molar-refractivity contribution in [2.45, 2.75) is 19.4 Å². The maximum absolute atomic E-state index is 6.00. The molecule has 21 heavy (non-hydrogen) atoms. The Morgan fingerprint density at radius 3 is 2.81 bits per heavy atom. The normalized spacial score (nSPS) is 12.5. The fourth-order valence-electron chi connectivity index (χ4n) is 1.77. The summed E-state index contributed by atoms with van der Waals surface area (Å²) in [4.78, 5) is 4.18. The molecule has 1 unspecified atom stereocenters. The molecule has 2 N–H and O–H groups in total. The highest BCUT2D eigenvalue weighted by atomic mass is 127. The van der Waals surface area contributed by atoms with Crippen LogP contribution >= 0.6 is 51.5 Å². The lowest BCUT2D eigenvalue weighted by Crippen LogP contribution is -2.44. The van der Waals surface area contributed by atoms with Crippen molar-refractivity contribution in [3.05, 3.63) is 33.3 Å². The minimum Gasteiger partial charge on any atom is -0.383 e. The third-order valence-electron chi connectivity index (χ3n) is 2.72. The van der Waals surface area contributed by atoms with E-state index in [1.165, 1.54) is 5.56 Å². The van der Waals surface area contributed by atoms with E-state index in [9.17, 15) is 0 Å². The summed E-state index contributed by atoms with van der Waals surface area (Å²) in [6, 6.07) is 6.02. The van der Waals surface area contributed by atoms with Gasteiger partial charge in [0.2, 0.25) is 0 Å². The molecule has 0 aliphatic carbocycles. The number of guanidine groups is 1. The molecule has 120 valence electrons. The lowest BCUT2D eigenvalue weighted by Gasteiger charge is -2.17. The third kappa shape index (κ3) is 8.23. The Morgan fingerprint density at radius 1 is 1.48 bits per heavy atom. The Kier molecular flexibility index (Phi) is 11.5. The van der Waals surface area contributed by atoms with Gasteiger partial charge < -0.3 is 15.4 Å². The molecule has 0 saturated heterocycles. The highest BCUT2D eigenvalue weighted by Crippen LogP contribution is 2.21. The van der Waals surface area contributed by atoms with Crippen molar-refractivity contribution in [3.8, 4) is 0 Å². The van der Waals surface area contributed by atoms with Crippen LogP contribution in [0.3, 0.4) is 0 Å². The molecule has 0 fully saturated rings. The number of rotatable bonds is 6. The van der Waals surface area contributed by atoms with Gasteiger partial charge in [-0.1, -0.05) is 27.5 Å². The number of ether oxygens (including phenoxy) is 1. The lowest BCUT2D eigenvalue weighted by atomic mass is 10.1. The lowest BCUT2D eigenvalue weighted by molar-refractivity contribution is 0.179. The summed E-state index contributed by atoms with van der Waals surface area (Å²) < 4.78 is 6.15. The average Bonchev–Trinajstić information content (AvgIpc) is 2.41. The summed E-state index contributed by atoms with van der Waals surface area (Å²) in [7, 11) is 3.44. The molecule has 1 atom stereocenters. The summed E-state index contributed by atoms with van der Waals surface area (Å²) in [5.41, 5.74) is 1.17. The molecule has 0 saturated carbocycles. The number of halogens is 3.